The number of ether oxygens (including phenoxy) is 1. The van der Waals surface area contributed by atoms with Crippen molar-refractivity contribution in [2.24, 2.45) is 5.10 Å². The van der Waals surface area contributed by atoms with Crippen LogP contribution in [0.25, 0.3) is 21.9 Å². The van der Waals surface area contributed by atoms with Gasteiger partial charge in [0.15, 0.2) is 0 Å². The number of aromatic nitrogens is 4. The number of hydrogen-bond donors (Lipinski definition) is 2. The average Bonchev–Trinajstić information content (AvgIpc) is 3.21. The monoisotopic (exact) mass is 475 g/mol. The highest BCUT2D eigenvalue weighted by Crippen LogP contribution is 2.27. The number of rotatable bonds is 6. The van der Waals surface area contributed by atoms with Crippen LogP contribution in [-0.4, -0.2) is 33.0 Å². The molecule has 0 fully saturated rings. The zero-order valence-corrected chi connectivity index (χ0v) is 18.7. The Morgan fingerprint density at radius 1 is 1.12 bits per heavy atom. The fourth-order valence-electron chi connectivity index (χ4n) is 3.62. The summed E-state index contributed by atoms with van der Waals surface area (Å²) in [4.78, 5) is 35.4. The van der Waals surface area contributed by atoms with E-state index < -0.39 is 17.1 Å². The van der Waals surface area contributed by atoms with Gasteiger partial charge in [0.1, 0.15) is 17.1 Å². The van der Waals surface area contributed by atoms with Gasteiger partial charge < -0.3 is 14.7 Å². The number of nitrogens with zero attached hydrogens (tertiary/aromatic N) is 3. The summed E-state index contributed by atoms with van der Waals surface area (Å²) in [5, 5.41) is 5.41. The molecule has 2 N–H and O–H groups in total. The standard InChI is InChI=1S/C24H18FN5O3S/c1-33-19-8-5-14(10-15(19)13-34-20-4-2-3-9-26-20)12-27-30-23(31)22-21(29-24(30)32)17-11-16(25)6-7-18(17)28-22/h2-12,28H,13H2,1H3,(H,29,32)/b27-12-. The van der Waals surface area contributed by atoms with Crippen molar-refractivity contribution < 1.29 is 9.13 Å². The molecule has 5 aromatic rings. The third kappa shape index (κ3) is 4.11. The first kappa shape index (κ1) is 21.7. The summed E-state index contributed by atoms with van der Waals surface area (Å²) in [5.74, 6) is 0.857. The molecule has 34 heavy (non-hydrogen) atoms. The number of methoxy groups -OCH3 is 1. The molecular formula is C24H18FN5O3S. The summed E-state index contributed by atoms with van der Waals surface area (Å²) < 4.78 is 19.8. The van der Waals surface area contributed by atoms with Crippen molar-refractivity contribution in [3.63, 3.8) is 0 Å². The molecule has 0 unspecified atom stereocenters. The van der Waals surface area contributed by atoms with Crippen LogP contribution >= 0.6 is 11.8 Å². The molecule has 0 aliphatic rings. The molecule has 8 nitrogen and oxygen atoms in total. The molecule has 0 saturated heterocycles. The highest BCUT2D eigenvalue weighted by atomic mass is 32.2. The summed E-state index contributed by atoms with van der Waals surface area (Å²) in [6, 6.07) is 15.2. The first-order valence-corrected chi connectivity index (χ1v) is 11.2. The van der Waals surface area contributed by atoms with E-state index in [-0.39, 0.29) is 11.0 Å². The Hall–Kier alpha value is -4.18. The maximum absolute atomic E-state index is 13.6. The maximum Gasteiger partial charge on any atom is 0.350 e. The van der Waals surface area contributed by atoms with Crippen molar-refractivity contribution in [2.45, 2.75) is 10.8 Å². The largest absolute Gasteiger partial charge is 0.496 e. The quantitative estimate of drug-likeness (QED) is 0.286. The molecule has 0 atom stereocenters. The van der Waals surface area contributed by atoms with E-state index in [2.05, 4.69) is 20.1 Å². The van der Waals surface area contributed by atoms with Crippen molar-refractivity contribution in [2.75, 3.05) is 7.11 Å². The van der Waals surface area contributed by atoms with Crippen LogP contribution in [0, 0.1) is 5.82 Å². The second kappa shape index (κ2) is 8.99. The third-order valence-corrected chi connectivity index (χ3v) is 6.22. The SMILES string of the molecule is COc1ccc(/C=N\n2c(=O)[nH]c3c([nH]c4ccc(F)cc43)c2=O)cc1CSc1ccccn1. The van der Waals surface area contributed by atoms with Gasteiger partial charge >= 0.3 is 11.2 Å². The van der Waals surface area contributed by atoms with Gasteiger partial charge in [0.25, 0.3) is 0 Å². The molecule has 0 bridgehead atoms. The topological polar surface area (TPSA) is 105 Å². The summed E-state index contributed by atoms with van der Waals surface area (Å²) in [6.07, 6.45) is 3.16. The van der Waals surface area contributed by atoms with Gasteiger partial charge in [-0.3, -0.25) is 4.79 Å². The van der Waals surface area contributed by atoms with E-state index in [1.54, 1.807) is 37.2 Å². The van der Waals surface area contributed by atoms with E-state index in [1.807, 2.05) is 24.3 Å². The van der Waals surface area contributed by atoms with E-state index in [1.165, 1.54) is 24.4 Å². The molecule has 3 heterocycles. The molecule has 2 aromatic carbocycles. The molecule has 10 heteroatoms. The van der Waals surface area contributed by atoms with E-state index >= 15 is 0 Å². The van der Waals surface area contributed by atoms with Crippen LogP contribution < -0.4 is 16.0 Å². The zero-order valence-electron chi connectivity index (χ0n) is 17.9. The molecule has 0 saturated carbocycles. The number of nitrogens with one attached hydrogen (secondary N) is 2. The predicted octanol–water partition coefficient (Wildman–Crippen LogP) is 3.89. The number of pyridine rings is 1. The normalized spacial score (nSPS) is 11.6. The molecule has 0 aliphatic heterocycles. The van der Waals surface area contributed by atoms with Gasteiger partial charge in [-0.2, -0.15) is 5.10 Å². The zero-order chi connectivity index (χ0) is 23.7. The van der Waals surface area contributed by atoms with Gasteiger partial charge in [0, 0.05) is 28.4 Å². The fraction of sp³-hybridized carbons (Fsp3) is 0.0833. The summed E-state index contributed by atoms with van der Waals surface area (Å²) in [5.41, 5.74) is 1.16. The number of fused-ring (bicyclic) bond motifs is 3. The lowest BCUT2D eigenvalue weighted by Gasteiger charge is -2.09. The second-order valence-corrected chi connectivity index (χ2v) is 8.38. The van der Waals surface area contributed by atoms with Gasteiger partial charge in [-0.05, 0) is 54.1 Å². The minimum atomic E-state index is -0.724. The van der Waals surface area contributed by atoms with E-state index in [4.69, 9.17) is 4.74 Å². The molecule has 170 valence electrons. The van der Waals surface area contributed by atoms with Crippen LogP contribution in [0.1, 0.15) is 11.1 Å². The number of halogens is 1. The van der Waals surface area contributed by atoms with Gasteiger partial charge in [-0.1, -0.05) is 6.07 Å². The highest BCUT2D eigenvalue weighted by Gasteiger charge is 2.13. The average molecular weight is 476 g/mol. The van der Waals surface area contributed by atoms with E-state index in [9.17, 15) is 14.0 Å². The Bertz CT molecular complexity index is 1660. The minimum Gasteiger partial charge on any atom is -0.496 e. The summed E-state index contributed by atoms with van der Waals surface area (Å²) in [6.45, 7) is 0. The highest BCUT2D eigenvalue weighted by molar-refractivity contribution is 7.98. The molecule has 0 amide bonds. The van der Waals surface area contributed by atoms with Crippen molar-refractivity contribution in [3.05, 3.63) is 98.6 Å². The minimum absolute atomic E-state index is 0.138. The van der Waals surface area contributed by atoms with Crippen molar-refractivity contribution in [1.29, 1.82) is 0 Å². The molecule has 0 spiro atoms. The van der Waals surface area contributed by atoms with Crippen molar-refractivity contribution >= 4 is 39.9 Å². The fourth-order valence-corrected chi connectivity index (χ4v) is 4.46. The Labute approximate surface area is 196 Å². The summed E-state index contributed by atoms with van der Waals surface area (Å²) >= 11 is 1.56. The number of aromatic amines is 2. The molecule has 0 radical (unpaired) electrons. The van der Waals surface area contributed by atoms with Gasteiger partial charge in [-0.25, -0.2) is 14.2 Å². The number of hydrogen-bond acceptors (Lipinski definition) is 6. The van der Waals surface area contributed by atoms with Crippen LogP contribution in [0.2, 0.25) is 0 Å². The summed E-state index contributed by atoms with van der Waals surface area (Å²) in [7, 11) is 1.60. The van der Waals surface area contributed by atoms with Crippen LogP contribution in [0.4, 0.5) is 4.39 Å². The number of thioether (sulfide) groups is 1. The van der Waals surface area contributed by atoms with Crippen LogP contribution in [0.3, 0.4) is 0 Å². The Kier molecular flexibility index (Phi) is 5.72. The predicted molar refractivity (Wildman–Crippen MR) is 130 cm³/mol. The van der Waals surface area contributed by atoms with Crippen LogP contribution in [0.15, 0.2) is 80.5 Å². The Balaban J connectivity index is 1.49. The maximum atomic E-state index is 13.6. The molecule has 3 aromatic heterocycles. The lowest BCUT2D eigenvalue weighted by molar-refractivity contribution is 0.411. The van der Waals surface area contributed by atoms with Crippen LogP contribution in [0.5, 0.6) is 5.75 Å². The van der Waals surface area contributed by atoms with Crippen LogP contribution in [-0.2, 0) is 5.75 Å². The smallest absolute Gasteiger partial charge is 0.350 e. The first-order chi connectivity index (χ1) is 16.5. The van der Waals surface area contributed by atoms with Crippen molar-refractivity contribution in [3.8, 4) is 5.75 Å². The number of H-pyrrole nitrogens is 2. The van der Waals surface area contributed by atoms with E-state index in [0.717, 1.165) is 15.3 Å². The van der Waals surface area contributed by atoms with Crippen molar-refractivity contribution in [1.82, 2.24) is 19.6 Å². The van der Waals surface area contributed by atoms with E-state index in [0.29, 0.717) is 28.0 Å². The third-order valence-electron chi connectivity index (χ3n) is 5.23. The van der Waals surface area contributed by atoms with Gasteiger partial charge in [0.05, 0.1) is 23.9 Å². The Morgan fingerprint density at radius 3 is 2.79 bits per heavy atom. The molecule has 0 aliphatic carbocycles. The van der Waals surface area contributed by atoms with Gasteiger partial charge in [0.2, 0.25) is 0 Å². The molecular weight excluding hydrogens is 457 g/mol. The molecule has 5 rings (SSSR count). The second-order valence-electron chi connectivity index (χ2n) is 7.38. The first-order valence-electron chi connectivity index (χ1n) is 10.2. The lowest BCUT2D eigenvalue weighted by atomic mass is 10.1. The Morgan fingerprint density at radius 2 is 2.00 bits per heavy atom. The lowest BCUT2D eigenvalue weighted by Crippen LogP contribution is -2.32. The van der Waals surface area contributed by atoms with Gasteiger partial charge in [-0.15, -0.1) is 16.4 Å². The number of benzene rings is 2.